The highest BCUT2D eigenvalue weighted by molar-refractivity contribution is 5.34. The smallest absolute Gasteiger partial charge is 0.145 e. The number of aromatic nitrogens is 2. The monoisotopic (exact) mass is 207 g/mol. The first kappa shape index (κ1) is 10.4. The number of hydrogen-bond acceptors (Lipinski definition) is 4. The molecule has 0 aliphatic carbocycles. The molecule has 0 bridgehead atoms. The molecule has 1 aromatic rings. The van der Waals surface area contributed by atoms with Crippen LogP contribution in [0.15, 0.2) is 12.4 Å². The van der Waals surface area contributed by atoms with E-state index in [1.165, 1.54) is 0 Å². The Balaban J connectivity index is 2.11. The Morgan fingerprint density at radius 2 is 2.07 bits per heavy atom. The molecule has 0 unspecified atom stereocenters. The first-order valence-corrected chi connectivity index (χ1v) is 5.22. The van der Waals surface area contributed by atoms with Crippen LogP contribution in [0.3, 0.4) is 0 Å². The highest BCUT2D eigenvalue weighted by Gasteiger charge is 2.20. The van der Waals surface area contributed by atoms with Gasteiger partial charge in [0.2, 0.25) is 0 Å². The van der Waals surface area contributed by atoms with Gasteiger partial charge >= 0.3 is 0 Å². The molecular weight excluding hydrogens is 190 g/mol. The summed E-state index contributed by atoms with van der Waals surface area (Å²) >= 11 is 0. The molecule has 2 heterocycles. The zero-order valence-electron chi connectivity index (χ0n) is 9.45. The highest BCUT2D eigenvalue weighted by atomic mass is 16.5. The van der Waals surface area contributed by atoms with Crippen LogP contribution in [-0.4, -0.2) is 29.2 Å². The van der Waals surface area contributed by atoms with Crippen LogP contribution >= 0.6 is 0 Å². The highest BCUT2D eigenvalue weighted by Crippen LogP contribution is 2.20. The van der Waals surface area contributed by atoms with Crippen molar-refractivity contribution in [1.29, 1.82) is 0 Å². The topological polar surface area (TPSA) is 47.0 Å². The molecule has 1 aliphatic rings. The quantitative estimate of drug-likeness (QED) is 0.800. The summed E-state index contributed by atoms with van der Waals surface area (Å²) in [6, 6.07) is 0.398. The molecule has 82 valence electrons. The van der Waals surface area contributed by atoms with Gasteiger partial charge in [-0.25, -0.2) is 4.98 Å². The van der Waals surface area contributed by atoms with Gasteiger partial charge in [-0.05, 0) is 0 Å². The number of hydrogen-bond donors (Lipinski definition) is 1. The van der Waals surface area contributed by atoms with Crippen molar-refractivity contribution in [1.82, 2.24) is 9.97 Å². The lowest BCUT2D eigenvalue weighted by Gasteiger charge is -2.27. The molecule has 1 aliphatic heterocycles. The molecule has 1 N–H and O–H groups in total. The fourth-order valence-electron chi connectivity index (χ4n) is 1.33. The van der Waals surface area contributed by atoms with Gasteiger partial charge in [0.15, 0.2) is 0 Å². The molecule has 0 atom stereocenters. The second-order valence-electron chi connectivity index (χ2n) is 4.92. The number of nitrogens with one attached hydrogen (secondary N) is 1. The summed E-state index contributed by atoms with van der Waals surface area (Å²) in [5.41, 5.74) is 1.05. The molecule has 0 spiro atoms. The normalized spacial score (nSPS) is 17.3. The molecule has 4 nitrogen and oxygen atoms in total. The van der Waals surface area contributed by atoms with Gasteiger partial charge in [0.05, 0.1) is 31.1 Å². The van der Waals surface area contributed by atoms with Crippen LogP contribution in [-0.2, 0) is 10.2 Å². The van der Waals surface area contributed by atoms with E-state index in [-0.39, 0.29) is 5.41 Å². The lowest BCUT2D eigenvalue weighted by molar-refractivity contribution is 0.0209. The molecule has 1 saturated heterocycles. The van der Waals surface area contributed by atoms with Crippen molar-refractivity contribution >= 4 is 5.82 Å². The molecule has 15 heavy (non-hydrogen) atoms. The van der Waals surface area contributed by atoms with Crippen LogP contribution < -0.4 is 5.32 Å². The van der Waals surface area contributed by atoms with Gasteiger partial charge in [-0.2, -0.15) is 0 Å². The van der Waals surface area contributed by atoms with Crippen LogP contribution in [0.25, 0.3) is 0 Å². The van der Waals surface area contributed by atoms with E-state index in [0.29, 0.717) is 6.04 Å². The molecule has 0 radical (unpaired) electrons. The minimum atomic E-state index is 0.0425. The largest absolute Gasteiger partial charge is 0.377 e. The van der Waals surface area contributed by atoms with E-state index in [1.807, 2.05) is 6.20 Å². The Kier molecular flexibility index (Phi) is 2.61. The Bertz CT molecular complexity index is 342. The van der Waals surface area contributed by atoms with E-state index in [1.54, 1.807) is 6.20 Å². The first-order valence-electron chi connectivity index (χ1n) is 5.22. The summed E-state index contributed by atoms with van der Waals surface area (Å²) in [5.74, 6) is 0.843. The maximum atomic E-state index is 5.09. The van der Waals surface area contributed by atoms with Crippen molar-refractivity contribution in [3.05, 3.63) is 18.1 Å². The van der Waals surface area contributed by atoms with Gasteiger partial charge in [0.1, 0.15) is 5.82 Å². The summed E-state index contributed by atoms with van der Waals surface area (Å²) in [6.45, 7) is 7.93. The van der Waals surface area contributed by atoms with Crippen LogP contribution in [0.4, 0.5) is 5.82 Å². The fourth-order valence-corrected chi connectivity index (χ4v) is 1.33. The van der Waals surface area contributed by atoms with Crippen LogP contribution in [0.5, 0.6) is 0 Å². The summed E-state index contributed by atoms with van der Waals surface area (Å²) in [4.78, 5) is 8.73. The Labute approximate surface area is 90.1 Å². The van der Waals surface area contributed by atoms with Crippen LogP contribution in [0.2, 0.25) is 0 Å². The van der Waals surface area contributed by atoms with Crippen molar-refractivity contribution in [2.24, 2.45) is 0 Å². The first-order chi connectivity index (χ1) is 7.05. The number of nitrogens with zero attached hydrogens (tertiary/aromatic N) is 2. The zero-order valence-corrected chi connectivity index (χ0v) is 9.45. The molecule has 4 heteroatoms. The maximum absolute atomic E-state index is 5.09. The molecule has 1 aromatic heterocycles. The predicted octanol–water partition coefficient (Wildman–Crippen LogP) is 1.58. The van der Waals surface area contributed by atoms with Gasteiger partial charge in [-0.1, -0.05) is 20.8 Å². The van der Waals surface area contributed by atoms with Crippen LogP contribution in [0.1, 0.15) is 26.5 Å². The minimum Gasteiger partial charge on any atom is -0.377 e. The van der Waals surface area contributed by atoms with Gasteiger partial charge < -0.3 is 10.1 Å². The van der Waals surface area contributed by atoms with E-state index in [4.69, 9.17) is 4.74 Å². The van der Waals surface area contributed by atoms with E-state index in [9.17, 15) is 0 Å². The number of rotatable bonds is 2. The Morgan fingerprint density at radius 1 is 1.33 bits per heavy atom. The lowest BCUT2D eigenvalue weighted by Crippen LogP contribution is -2.40. The van der Waals surface area contributed by atoms with Crippen molar-refractivity contribution in [2.45, 2.75) is 32.2 Å². The third-order valence-corrected chi connectivity index (χ3v) is 2.39. The van der Waals surface area contributed by atoms with Gasteiger partial charge in [0, 0.05) is 11.6 Å². The van der Waals surface area contributed by atoms with Crippen molar-refractivity contribution < 1.29 is 4.74 Å². The molecule has 0 amide bonds. The number of ether oxygens (including phenoxy) is 1. The van der Waals surface area contributed by atoms with Crippen molar-refractivity contribution in [3.63, 3.8) is 0 Å². The Hall–Kier alpha value is -1.16. The second-order valence-corrected chi connectivity index (χ2v) is 4.92. The summed E-state index contributed by atoms with van der Waals surface area (Å²) in [7, 11) is 0. The average molecular weight is 207 g/mol. The second kappa shape index (κ2) is 3.77. The average Bonchev–Trinajstić information content (AvgIpc) is 2.11. The third kappa shape index (κ3) is 2.45. The molecule has 2 rings (SSSR count). The SMILES string of the molecule is CC(C)(C)c1cncc(NC2COC2)n1. The summed E-state index contributed by atoms with van der Waals surface area (Å²) in [6.07, 6.45) is 3.58. The van der Waals surface area contributed by atoms with Crippen LogP contribution in [0, 0.1) is 0 Å². The van der Waals surface area contributed by atoms with Gasteiger partial charge in [-0.15, -0.1) is 0 Å². The zero-order chi connectivity index (χ0) is 10.9. The van der Waals surface area contributed by atoms with E-state index in [0.717, 1.165) is 24.7 Å². The fraction of sp³-hybridized carbons (Fsp3) is 0.636. The molecule has 1 fully saturated rings. The molecule has 0 aromatic carbocycles. The molecular formula is C11H17N3O. The summed E-state index contributed by atoms with van der Waals surface area (Å²) in [5, 5.41) is 3.29. The standard InChI is InChI=1S/C11H17N3O/c1-11(2,3)9-4-12-5-10(14-9)13-8-6-15-7-8/h4-5,8H,6-7H2,1-3H3,(H,13,14). The van der Waals surface area contributed by atoms with Gasteiger partial charge in [-0.3, -0.25) is 4.98 Å². The molecule has 0 saturated carbocycles. The summed E-state index contributed by atoms with van der Waals surface area (Å²) < 4.78 is 5.09. The number of anilines is 1. The maximum Gasteiger partial charge on any atom is 0.145 e. The predicted molar refractivity (Wildman–Crippen MR) is 59.0 cm³/mol. The van der Waals surface area contributed by atoms with Crippen molar-refractivity contribution in [3.8, 4) is 0 Å². The third-order valence-electron chi connectivity index (χ3n) is 2.39. The van der Waals surface area contributed by atoms with E-state index >= 15 is 0 Å². The van der Waals surface area contributed by atoms with E-state index in [2.05, 4.69) is 36.1 Å². The Morgan fingerprint density at radius 3 is 2.60 bits per heavy atom. The van der Waals surface area contributed by atoms with Crippen molar-refractivity contribution in [2.75, 3.05) is 18.5 Å². The van der Waals surface area contributed by atoms with E-state index < -0.39 is 0 Å². The van der Waals surface area contributed by atoms with Gasteiger partial charge in [0.25, 0.3) is 0 Å². The lowest BCUT2D eigenvalue weighted by atomic mass is 9.93. The minimum absolute atomic E-state index is 0.0425.